The first-order valence-corrected chi connectivity index (χ1v) is 10.2. The highest BCUT2D eigenvalue weighted by atomic mass is 32.2. The van der Waals surface area contributed by atoms with Crippen molar-refractivity contribution >= 4 is 34.7 Å². The van der Waals surface area contributed by atoms with E-state index in [2.05, 4.69) is 12.1 Å². The summed E-state index contributed by atoms with van der Waals surface area (Å²) in [6.45, 7) is 2.60. The predicted octanol–water partition coefficient (Wildman–Crippen LogP) is 3.80. The second kappa shape index (κ2) is 6.43. The number of rotatable bonds is 3. The summed E-state index contributed by atoms with van der Waals surface area (Å²) < 4.78 is 6.72. The summed E-state index contributed by atoms with van der Waals surface area (Å²) in [6.07, 6.45) is 1.79. The van der Waals surface area contributed by atoms with E-state index in [1.807, 2.05) is 31.5 Å². The molecule has 6 heteroatoms. The van der Waals surface area contributed by atoms with Gasteiger partial charge in [-0.15, -0.1) is 11.3 Å². The van der Waals surface area contributed by atoms with Crippen molar-refractivity contribution in [1.29, 1.82) is 0 Å². The van der Waals surface area contributed by atoms with Crippen LogP contribution in [0.25, 0.3) is 0 Å². The Bertz CT molecular complexity index is 819. The van der Waals surface area contributed by atoms with Crippen LogP contribution >= 0.6 is 23.1 Å². The third kappa shape index (κ3) is 3.12. The van der Waals surface area contributed by atoms with Gasteiger partial charge in [-0.25, -0.2) is 0 Å². The molecule has 3 heterocycles. The Morgan fingerprint density at radius 3 is 3.04 bits per heavy atom. The van der Waals surface area contributed by atoms with E-state index in [0.29, 0.717) is 25.9 Å². The molecule has 0 bridgehead atoms. The van der Waals surface area contributed by atoms with E-state index in [1.54, 1.807) is 28.0 Å². The summed E-state index contributed by atoms with van der Waals surface area (Å²) in [5.74, 6) is 0.138. The Morgan fingerprint density at radius 2 is 2.24 bits per heavy atom. The molecule has 25 heavy (non-hydrogen) atoms. The molecule has 0 radical (unpaired) electrons. The molecular formula is C19H21NO3S2. The van der Waals surface area contributed by atoms with E-state index in [1.165, 1.54) is 0 Å². The maximum Gasteiger partial charge on any atom is 0.231 e. The maximum atomic E-state index is 11.9. The standard InChI is InChI=1S/C19H21NO3S2/c1-12-11-19(22,6-7-23-12)15-5-8-24-18(15)25-14-3-4-16-13(9-14)10-17(21)20(16)2/h3-5,8-9,12,22H,6-7,10-11H2,1-2H3/t12-,19+/m0/s1. The minimum atomic E-state index is -0.813. The van der Waals surface area contributed by atoms with Crippen LogP contribution in [0, 0.1) is 0 Å². The van der Waals surface area contributed by atoms with Gasteiger partial charge in [0.05, 0.1) is 28.9 Å². The second-order valence-electron chi connectivity index (χ2n) is 6.81. The third-order valence-electron chi connectivity index (χ3n) is 5.01. The normalized spacial score (nSPS) is 26.1. The molecule has 0 spiro atoms. The number of anilines is 1. The number of thiophene rings is 1. The van der Waals surface area contributed by atoms with Crippen molar-refractivity contribution < 1.29 is 14.6 Å². The van der Waals surface area contributed by atoms with Crippen molar-refractivity contribution in [3.8, 4) is 0 Å². The predicted molar refractivity (Wildman–Crippen MR) is 101 cm³/mol. The SMILES string of the molecule is C[C@H]1C[C@@](O)(c2ccsc2Sc2ccc3c(c2)CC(=O)N3C)CCO1. The lowest BCUT2D eigenvalue weighted by Crippen LogP contribution is -2.37. The molecule has 1 amide bonds. The highest BCUT2D eigenvalue weighted by Crippen LogP contribution is 2.45. The average molecular weight is 376 g/mol. The molecule has 2 aromatic rings. The van der Waals surface area contributed by atoms with Crippen molar-refractivity contribution in [2.45, 2.75) is 47.0 Å². The molecule has 0 unspecified atom stereocenters. The van der Waals surface area contributed by atoms with Crippen LogP contribution < -0.4 is 4.90 Å². The van der Waals surface area contributed by atoms with Crippen molar-refractivity contribution in [2.24, 2.45) is 0 Å². The first kappa shape index (κ1) is 17.1. The van der Waals surface area contributed by atoms with Crippen LogP contribution in [-0.2, 0) is 21.6 Å². The molecule has 0 saturated carbocycles. The van der Waals surface area contributed by atoms with E-state index in [-0.39, 0.29) is 12.0 Å². The van der Waals surface area contributed by atoms with Gasteiger partial charge in [0.2, 0.25) is 5.91 Å². The van der Waals surface area contributed by atoms with Crippen LogP contribution in [-0.4, -0.2) is 30.8 Å². The number of benzene rings is 1. The summed E-state index contributed by atoms with van der Waals surface area (Å²) in [7, 11) is 1.82. The molecule has 1 saturated heterocycles. The molecule has 1 aromatic carbocycles. The zero-order valence-electron chi connectivity index (χ0n) is 14.3. The van der Waals surface area contributed by atoms with Crippen molar-refractivity contribution in [3.05, 3.63) is 40.8 Å². The van der Waals surface area contributed by atoms with Gasteiger partial charge in [0.15, 0.2) is 0 Å². The number of fused-ring (bicyclic) bond motifs is 1. The first-order chi connectivity index (χ1) is 12.0. The molecule has 1 N–H and O–H groups in total. The second-order valence-corrected chi connectivity index (χ2v) is 9.07. The molecule has 4 nitrogen and oxygen atoms in total. The van der Waals surface area contributed by atoms with Gasteiger partial charge < -0.3 is 14.7 Å². The minimum Gasteiger partial charge on any atom is -0.385 e. The molecule has 1 aromatic heterocycles. The van der Waals surface area contributed by atoms with Gasteiger partial charge >= 0.3 is 0 Å². The largest absolute Gasteiger partial charge is 0.385 e. The van der Waals surface area contributed by atoms with Crippen molar-refractivity contribution in [2.75, 3.05) is 18.6 Å². The highest BCUT2D eigenvalue weighted by Gasteiger charge is 2.37. The van der Waals surface area contributed by atoms with Gasteiger partial charge in [-0.3, -0.25) is 4.79 Å². The number of aliphatic hydroxyl groups is 1. The topological polar surface area (TPSA) is 49.8 Å². The van der Waals surface area contributed by atoms with E-state index in [9.17, 15) is 9.90 Å². The third-order valence-corrected chi connectivity index (χ3v) is 7.15. The molecule has 4 rings (SSSR count). The zero-order chi connectivity index (χ0) is 17.6. The fourth-order valence-electron chi connectivity index (χ4n) is 3.65. The Balaban J connectivity index is 1.60. The van der Waals surface area contributed by atoms with Gasteiger partial charge in [0.1, 0.15) is 0 Å². The highest BCUT2D eigenvalue weighted by molar-refractivity contribution is 8.01. The monoisotopic (exact) mass is 375 g/mol. The molecule has 132 valence electrons. The fourth-order valence-corrected chi connectivity index (χ4v) is 5.93. The van der Waals surface area contributed by atoms with Gasteiger partial charge in [-0.05, 0) is 42.1 Å². The number of hydrogen-bond acceptors (Lipinski definition) is 5. The van der Waals surface area contributed by atoms with Crippen LogP contribution in [0.3, 0.4) is 0 Å². The first-order valence-electron chi connectivity index (χ1n) is 8.45. The molecule has 2 aliphatic rings. The number of nitrogens with zero attached hydrogens (tertiary/aromatic N) is 1. The van der Waals surface area contributed by atoms with Crippen molar-refractivity contribution in [1.82, 2.24) is 0 Å². The molecule has 1 fully saturated rings. The Labute approximate surface area is 155 Å². The summed E-state index contributed by atoms with van der Waals surface area (Å²) in [5.41, 5.74) is 2.27. The molecule has 2 atom stereocenters. The van der Waals surface area contributed by atoms with Gasteiger partial charge in [-0.2, -0.15) is 0 Å². The lowest BCUT2D eigenvalue weighted by Gasteiger charge is -2.36. The van der Waals surface area contributed by atoms with Crippen LogP contribution in [0.2, 0.25) is 0 Å². The fraction of sp³-hybridized carbons (Fsp3) is 0.421. The average Bonchev–Trinajstić information content (AvgIpc) is 3.13. The summed E-state index contributed by atoms with van der Waals surface area (Å²) in [5, 5.41) is 13.2. The van der Waals surface area contributed by atoms with Crippen LogP contribution in [0.1, 0.15) is 30.9 Å². The van der Waals surface area contributed by atoms with Crippen molar-refractivity contribution in [3.63, 3.8) is 0 Å². The quantitative estimate of drug-likeness (QED) is 0.886. The maximum absolute atomic E-state index is 11.9. The summed E-state index contributed by atoms with van der Waals surface area (Å²) in [6, 6.07) is 8.21. The smallest absolute Gasteiger partial charge is 0.231 e. The minimum absolute atomic E-state index is 0.0676. The number of carbonyl (C=O) groups is 1. The molecule has 2 aliphatic heterocycles. The Morgan fingerprint density at radius 1 is 1.40 bits per heavy atom. The van der Waals surface area contributed by atoms with Crippen LogP contribution in [0.5, 0.6) is 0 Å². The van der Waals surface area contributed by atoms with E-state index in [0.717, 1.165) is 25.9 Å². The molecular weight excluding hydrogens is 354 g/mol. The summed E-state index contributed by atoms with van der Waals surface area (Å²) >= 11 is 3.33. The molecule has 0 aliphatic carbocycles. The Hall–Kier alpha value is -1.34. The Kier molecular flexibility index (Phi) is 4.40. The number of ether oxygens (including phenoxy) is 1. The lowest BCUT2D eigenvalue weighted by molar-refractivity contribution is -0.117. The number of amides is 1. The lowest BCUT2D eigenvalue weighted by atomic mass is 9.86. The summed E-state index contributed by atoms with van der Waals surface area (Å²) in [4.78, 5) is 14.7. The number of hydrogen-bond donors (Lipinski definition) is 1. The van der Waals surface area contributed by atoms with E-state index in [4.69, 9.17) is 4.74 Å². The number of carbonyl (C=O) groups excluding carboxylic acids is 1. The van der Waals surface area contributed by atoms with Crippen LogP contribution in [0.4, 0.5) is 5.69 Å². The van der Waals surface area contributed by atoms with Gasteiger partial charge in [-0.1, -0.05) is 11.8 Å². The van der Waals surface area contributed by atoms with E-state index >= 15 is 0 Å². The van der Waals surface area contributed by atoms with Gasteiger partial charge in [0.25, 0.3) is 0 Å². The zero-order valence-corrected chi connectivity index (χ0v) is 16.0. The van der Waals surface area contributed by atoms with Crippen LogP contribution in [0.15, 0.2) is 38.8 Å². The van der Waals surface area contributed by atoms with E-state index < -0.39 is 5.60 Å². The van der Waals surface area contributed by atoms with Gasteiger partial charge in [0, 0.05) is 36.0 Å². The number of likely N-dealkylation sites (N-methyl/N-ethyl adjacent to an activating group) is 1.